The summed E-state index contributed by atoms with van der Waals surface area (Å²) in [6, 6.07) is 16.9. The van der Waals surface area contributed by atoms with Gasteiger partial charge in [0.1, 0.15) is 5.75 Å². The van der Waals surface area contributed by atoms with Crippen molar-refractivity contribution in [3.05, 3.63) is 66.1 Å². The van der Waals surface area contributed by atoms with Crippen LogP contribution in [-0.2, 0) is 11.2 Å². The number of aryl methyl sites for hydroxylation is 1. The van der Waals surface area contributed by atoms with Crippen molar-refractivity contribution in [2.24, 2.45) is 0 Å². The Labute approximate surface area is 145 Å². The Hall–Kier alpha value is -3.15. The smallest absolute Gasteiger partial charge is 0.303 e. The fraction of sp³-hybridized carbons (Fsp3) is 0.211. The summed E-state index contributed by atoms with van der Waals surface area (Å²) in [5, 5.41) is 12.7. The molecule has 0 saturated heterocycles. The summed E-state index contributed by atoms with van der Waals surface area (Å²) in [5.41, 5.74) is 1.83. The van der Waals surface area contributed by atoms with Crippen LogP contribution in [0, 0.1) is 0 Å². The molecule has 25 heavy (non-hydrogen) atoms. The van der Waals surface area contributed by atoms with E-state index in [-0.39, 0.29) is 6.42 Å². The second-order valence-electron chi connectivity index (χ2n) is 5.62. The molecule has 0 spiro atoms. The number of hydrogen-bond acceptors (Lipinski definition) is 5. The second kappa shape index (κ2) is 7.61. The predicted molar refractivity (Wildman–Crippen MR) is 91.2 cm³/mol. The van der Waals surface area contributed by atoms with Crippen molar-refractivity contribution < 1.29 is 19.2 Å². The molecule has 6 nitrogen and oxygen atoms in total. The molecular formula is C19H18N2O4. The number of ether oxygens (including phenoxy) is 1. The molecule has 1 aromatic heterocycles. The van der Waals surface area contributed by atoms with E-state index < -0.39 is 12.1 Å². The Morgan fingerprint density at radius 3 is 2.56 bits per heavy atom. The Morgan fingerprint density at radius 2 is 1.88 bits per heavy atom. The first-order valence-electron chi connectivity index (χ1n) is 7.98. The number of aromatic nitrogens is 2. The summed E-state index contributed by atoms with van der Waals surface area (Å²) in [4.78, 5) is 15.0. The van der Waals surface area contributed by atoms with Crippen molar-refractivity contribution in [2.45, 2.75) is 25.9 Å². The molecule has 1 N–H and O–H groups in total. The van der Waals surface area contributed by atoms with Gasteiger partial charge in [0.15, 0.2) is 6.10 Å². The minimum Gasteiger partial charge on any atom is -0.481 e. The highest BCUT2D eigenvalue weighted by molar-refractivity contribution is 5.67. The van der Waals surface area contributed by atoms with Crippen LogP contribution in [0.1, 0.15) is 30.9 Å². The maximum absolute atomic E-state index is 10.6. The lowest BCUT2D eigenvalue weighted by molar-refractivity contribution is -0.136. The molecule has 0 bridgehead atoms. The van der Waals surface area contributed by atoms with Crippen molar-refractivity contribution in [3.8, 4) is 17.1 Å². The van der Waals surface area contributed by atoms with E-state index >= 15 is 0 Å². The maximum atomic E-state index is 10.6. The third kappa shape index (κ3) is 4.44. The van der Waals surface area contributed by atoms with Gasteiger partial charge in [-0.25, -0.2) is 0 Å². The van der Waals surface area contributed by atoms with E-state index in [9.17, 15) is 4.79 Å². The average molecular weight is 338 g/mol. The van der Waals surface area contributed by atoms with Crippen LogP contribution in [0.3, 0.4) is 0 Å². The highest BCUT2D eigenvalue weighted by Crippen LogP contribution is 2.23. The van der Waals surface area contributed by atoms with Crippen LogP contribution < -0.4 is 4.74 Å². The molecule has 0 saturated carbocycles. The number of benzene rings is 2. The highest BCUT2D eigenvalue weighted by atomic mass is 16.5. The fourth-order valence-electron chi connectivity index (χ4n) is 2.35. The summed E-state index contributed by atoms with van der Waals surface area (Å²) >= 11 is 0. The Balaban J connectivity index is 1.63. The molecule has 0 aliphatic rings. The van der Waals surface area contributed by atoms with Gasteiger partial charge in [0.05, 0.1) is 0 Å². The lowest BCUT2D eigenvalue weighted by Crippen LogP contribution is -2.03. The van der Waals surface area contributed by atoms with Crippen molar-refractivity contribution in [3.63, 3.8) is 0 Å². The number of hydrogen-bond donors (Lipinski definition) is 1. The van der Waals surface area contributed by atoms with Gasteiger partial charge in [-0.05, 0) is 31.0 Å². The minimum absolute atomic E-state index is 0.112. The zero-order chi connectivity index (χ0) is 17.6. The van der Waals surface area contributed by atoms with Gasteiger partial charge >= 0.3 is 5.97 Å². The van der Waals surface area contributed by atoms with Crippen LogP contribution in [0.2, 0.25) is 0 Å². The predicted octanol–water partition coefficient (Wildman–Crippen LogP) is 3.89. The number of rotatable bonds is 7. The summed E-state index contributed by atoms with van der Waals surface area (Å²) in [7, 11) is 0. The van der Waals surface area contributed by atoms with E-state index in [0.717, 1.165) is 11.1 Å². The first-order valence-corrected chi connectivity index (χ1v) is 7.98. The van der Waals surface area contributed by atoms with Crippen LogP contribution in [0.15, 0.2) is 59.1 Å². The van der Waals surface area contributed by atoms with E-state index in [1.54, 1.807) is 0 Å². The lowest BCUT2D eigenvalue weighted by atomic mass is 10.1. The summed E-state index contributed by atoms with van der Waals surface area (Å²) in [6.07, 6.45) is 0.214. The van der Waals surface area contributed by atoms with Gasteiger partial charge in [0.2, 0.25) is 5.82 Å². The Bertz CT molecular complexity index is 828. The number of carbonyl (C=O) groups is 1. The largest absolute Gasteiger partial charge is 0.481 e. The number of carboxylic acid groups (broad SMARTS) is 1. The van der Waals surface area contributed by atoms with Crippen LogP contribution >= 0.6 is 0 Å². The van der Waals surface area contributed by atoms with Crippen molar-refractivity contribution in [1.82, 2.24) is 10.1 Å². The number of carboxylic acids is 1. The fourth-order valence-corrected chi connectivity index (χ4v) is 2.35. The number of nitrogens with zero attached hydrogens (tertiary/aromatic N) is 2. The monoisotopic (exact) mass is 338 g/mol. The van der Waals surface area contributed by atoms with E-state index in [2.05, 4.69) is 10.1 Å². The number of aliphatic carboxylic acids is 1. The molecule has 0 aliphatic heterocycles. The molecule has 1 atom stereocenters. The van der Waals surface area contributed by atoms with Crippen LogP contribution in [0.25, 0.3) is 11.4 Å². The maximum Gasteiger partial charge on any atom is 0.303 e. The molecule has 0 aliphatic carbocycles. The molecule has 2 aromatic carbocycles. The molecule has 128 valence electrons. The van der Waals surface area contributed by atoms with Gasteiger partial charge in [0.25, 0.3) is 5.89 Å². The highest BCUT2D eigenvalue weighted by Gasteiger charge is 2.16. The lowest BCUT2D eigenvalue weighted by Gasteiger charge is -2.11. The van der Waals surface area contributed by atoms with E-state index in [0.29, 0.717) is 23.9 Å². The molecular weight excluding hydrogens is 320 g/mol. The summed E-state index contributed by atoms with van der Waals surface area (Å²) in [5.74, 6) is 0.773. The minimum atomic E-state index is -0.806. The zero-order valence-electron chi connectivity index (χ0n) is 13.8. The van der Waals surface area contributed by atoms with E-state index in [1.165, 1.54) is 0 Å². The van der Waals surface area contributed by atoms with Gasteiger partial charge in [0, 0.05) is 12.0 Å². The van der Waals surface area contributed by atoms with Crippen molar-refractivity contribution in [1.29, 1.82) is 0 Å². The average Bonchev–Trinajstić information content (AvgIpc) is 3.12. The summed E-state index contributed by atoms with van der Waals surface area (Å²) < 4.78 is 11.1. The molecule has 0 radical (unpaired) electrons. The normalized spacial score (nSPS) is 11.9. The molecule has 0 fully saturated rings. The first kappa shape index (κ1) is 16.7. The SMILES string of the molecule is CC(Oc1ccc(CCC(=O)O)cc1)c1nc(-c2ccccc2)no1. The van der Waals surface area contributed by atoms with Crippen molar-refractivity contribution >= 4 is 5.97 Å². The van der Waals surface area contributed by atoms with Crippen LogP contribution in [0.5, 0.6) is 5.75 Å². The third-order valence-corrected chi connectivity index (χ3v) is 3.69. The van der Waals surface area contributed by atoms with Crippen LogP contribution in [0.4, 0.5) is 0 Å². The molecule has 1 heterocycles. The second-order valence-corrected chi connectivity index (χ2v) is 5.62. The molecule has 0 amide bonds. The van der Waals surface area contributed by atoms with E-state index in [4.69, 9.17) is 14.4 Å². The molecule has 6 heteroatoms. The van der Waals surface area contributed by atoms with Gasteiger partial charge < -0.3 is 14.4 Å². The third-order valence-electron chi connectivity index (χ3n) is 3.69. The summed E-state index contributed by atoms with van der Waals surface area (Å²) in [6.45, 7) is 1.83. The molecule has 1 unspecified atom stereocenters. The van der Waals surface area contributed by atoms with Gasteiger partial charge in [-0.3, -0.25) is 4.79 Å². The van der Waals surface area contributed by atoms with Gasteiger partial charge in [-0.2, -0.15) is 4.98 Å². The Morgan fingerprint density at radius 1 is 1.16 bits per heavy atom. The van der Waals surface area contributed by atoms with Gasteiger partial charge in [-0.15, -0.1) is 0 Å². The zero-order valence-corrected chi connectivity index (χ0v) is 13.8. The first-order chi connectivity index (χ1) is 12.1. The Kier molecular flexibility index (Phi) is 5.09. The molecule has 3 rings (SSSR count). The van der Waals surface area contributed by atoms with E-state index in [1.807, 2.05) is 61.5 Å². The quantitative estimate of drug-likeness (QED) is 0.703. The van der Waals surface area contributed by atoms with Crippen LogP contribution in [-0.4, -0.2) is 21.2 Å². The standard InChI is InChI=1S/C19H18N2O4/c1-13(19-20-18(21-25-19)15-5-3-2-4-6-15)24-16-10-7-14(8-11-16)9-12-17(22)23/h2-8,10-11,13H,9,12H2,1H3,(H,22,23). The molecule has 3 aromatic rings. The van der Waals surface area contributed by atoms with Crippen molar-refractivity contribution in [2.75, 3.05) is 0 Å². The van der Waals surface area contributed by atoms with Gasteiger partial charge in [-0.1, -0.05) is 47.6 Å². The topological polar surface area (TPSA) is 85.5 Å².